The molecule has 0 aromatic carbocycles. The second-order valence-corrected chi connectivity index (χ2v) is 2.90. The zero-order chi connectivity index (χ0) is 5.54. The lowest BCUT2D eigenvalue weighted by atomic mass is 10.6. The highest BCUT2D eigenvalue weighted by Gasteiger charge is 1.80. The predicted octanol–water partition coefficient (Wildman–Crippen LogP) is 2.37. The van der Waals surface area contributed by atoms with Crippen LogP contribution in [-0.2, 0) is 0 Å². The quantitative estimate of drug-likeness (QED) is 0.425. The molecule has 0 unspecified atom stereocenters. The summed E-state index contributed by atoms with van der Waals surface area (Å²) in [6.45, 7) is 2.18. The van der Waals surface area contributed by atoms with Gasteiger partial charge in [-0.25, -0.2) is 0 Å². The van der Waals surface area contributed by atoms with Gasteiger partial charge in [0.1, 0.15) is 0 Å². The van der Waals surface area contributed by atoms with Crippen molar-refractivity contribution in [1.82, 2.24) is 0 Å². The molecule has 0 amide bonds. The van der Waals surface area contributed by atoms with Crippen LogP contribution in [0.2, 0.25) is 0 Å². The molecule has 44 valence electrons. The average molecular weight is 139 g/mol. The van der Waals surface area contributed by atoms with Crippen LogP contribution in [0.1, 0.15) is 13.3 Å². The van der Waals surface area contributed by atoms with Gasteiger partial charge in [-0.2, -0.15) is 11.8 Å². The molecule has 0 bridgehead atoms. The highest BCUT2D eigenvalue weighted by atomic mass is 35.5. The van der Waals surface area contributed by atoms with Gasteiger partial charge in [-0.1, -0.05) is 6.92 Å². The molecule has 0 N–H and O–H groups in total. The van der Waals surface area contributed by atoms with Gasteiger partial charge in [0, 0.05) is 11.6 Å². The van der Waals surface area contributed by atoms with Crippen LogP contribution >= 0.6 is 23.4 Å². The molecule has 0 fully saturated rings. The third-order valence-corrected chi connectivity index (χ3v) is 2.17. The molecule has 7 heavy (non-hydrogen) atoms. The molecule has 0 aliphatic heterocycles. The number of thioether (sulfide) groups is 1. The Morgan fingerprint density at radius 3 is 2.57 bits per heavy atom. The zero-order valence-corrected chi connectivity index (χ0v) is 6.19. The molecule has 0 saturated heterocycles. The normalized spacial score (nSPS) is 9.43. The monoisotopic (exact) mass is 138 g/mol. The number of hydrogen-bond acceptors (Lipinski definition) is 1. The molecule has 0 saturated carbocycles. The van der Waals surface area contributed by atoms with Crippen LogP contribution < -0.4 is 0 Å². The summed E-state index contributed by atoms with van der Waals surface area (Å²) in [4.78, 5) is 0. The van der Waals surface area contributed by atoms with Crippen LogP contribution in [0.15, 0.2) is 0 Å². The second kappa shape index (κ2) is 6.64. The Balaban J connectivity index is 2.45. The van der Waals surface area contributed by atoms with Crippen LogP contribution in [0, 0.1) is 0 Å². The van der Waals surface area contributed by atoms with E-state index in [1.54, 1.807) is 0 Å². The average Bonchev–Trinajstić information content (AvgIpc) is 1.69. The Bertz CT molecular complexity index is 27.3. The topological polar surface area (TPSA) is 0 Å². The van der Waals surface area contributed by atoms with E-state index in [2.05, 4.69) is 6.92 Å². The van der Waals surface area contributed by atoms with E-state index in [4.69, 9.17) is 11.6 Å². The molecule has 0 spiro atoms. The van der Waals surface area contributed by atoms with Crippen LogP contribution in [0.3, 0.4) is 0 Å². The lowest BCUT2D eigenvalue weighted by Gasteiger charge is -1.90. The summed E-state index contributed by atoms with van der Waals surface area (Å²) in [5.74, 6) is 3.16. The molecule has 0 aliphatic rings. The van der Waals surface area contributed by atoms with Crippen LogP contribution in [0.5, 0.6) is 0 Å². The first-order valence-electron chi connectivity index (χ1n) is 2.55. The lowest BCUT2D eigenvalue weighted by Crippen LogP contribution is -1.80. The Morgan fingerprint density at radius 1 is 1.43 bits per heavy atom. The predicted molar refractivity (Wildman–Crippen MR) is 38.3 cm³/mol. The first-order chi connectivity index (χ1) is 3.41. The molecule has 0 atom stereocenters. The maximum Gasteiger partial charge on any atom is 0.0314 e. The molecule has 0 rings (SSSR count). The first-order valence-corrected chi connectivity index (χ1v) is 4.24. The first kappa shape index (κ1) is 7.64. The number of rotatable bonds is 4. The molecule has 0 radical (unpaired) electrons. The van der Waals surface area contributed by atoms with Gasteiger partial charge in [0.05, 0.1) is 0 Å². The van der Waals surface area contributed by atoms with Crippen molar-refractivity contribution in [2.24, 2.45) is 0 Å². The Kier molecular flexibility index (Phi) is 7.25. The van der Waals surface area contributed by atoms with Crippen molar-refractivity contribution >= 4 is 23.4 Å². The highest BCUT2D eigenvalue weighted by molar-refractivity contribution is 7.99. The fourth-order valence-corrected chi connectivity index (χ4v) is 1.23. The maximum absolute atomic E-state index is 5.42. The van der Waals surface area contributed by atoms with Gasteiger partial charge >= 0.3 is 0 Å². The van der Waals surface area contributed by atoms with Gasteiger partial charge < -0.3 is 0 Å². The van der Waals surface area contributed by atoms with E-state index < -0.39 is 0 Å². The summed E-state index contributed by atoms with van der Waals surface area (Å²) in [6, 6.07) is 0. The summed E-state index contributed by atoms with van der Waals surface area (Å²) in [5.41, 5.74) is 0. The van der Waals surface area contributed by atoms with E-state index >= 15 is 0 Å². The van der Waals surface area contributed by atoms with Crippen molar-refractivity contribution in [2.75, 3.05) is 17.4 Å². The molecular weight excluding hydrogens is 128 g/mol. The SMILES string of the molecule is CCCSCCCl. The van der Waals surface area contributed by atoms with Crippen molar-refractivity contribution in [3.63, 3.8) is 0 Å². The fraction of sp³-hybridized carbons (Fsp3) is 1.00. The smallest absolute Gasteiger partial charge is 0.0314 e. The van der Waals surface area contributed by atoms with Gasteiger partial charge in [-0.3, -0.25) is 0 Å². The Hall–Kier alpha value is 0.640. The highest BCUT2D eigenvalue weighted by Crippen LogP contribution is 2.00. The van der Waals surface area contributed by atoms with Crippen LogP contribution in [0.4, 0.5) is 0 Å². The largest absolute Gasteiger partial charge is 0.161 e. The molecule has 0 nitrogen and oxygen atoms in total. The molecular formula is C5H11ClS. The maximum atomic E-state index is 5.42. The second-order valence-electron chi connectivity index (χ2n) is 1.30. The van der Waals surface area contributed by atoms with E-state index in [1.165, 1.54) is 12.2 Å². The van der Waals surface area contributed by atoms with Crippen molar-refractivity contribution < 1.29 is 0 Å². The molecule has 0 aromatic heterocycles. The molecule has 2 heteroatoms. The summed E-state index contributed by atoms with van der Waals surface area (Å²) < 4.78 is 0. The fourth-order valence-electron chi connectivity index (χ4n) is 0.301. The minimum Gasteiger partial charge on any atom is -0.161 e. The van der Waals surface area contributed by atoms with Crippen molar-refractivity contribution in [3.05, 3.63) is 0 Å². The zero-order valence-electron chi connectivity index (χ0n) is 4.61. The van der Waals surface area contributed by atoms with Crippen molar-refractivity contribution in [2.45, 2.75) is 13.3 Å². The molecule has 0 heterocycles. The van der Waals surface area contributed by atoms with Gasteiger partial charge in [-0.15, -0.1) is 11.6 Å². The Morgan fingerprint density at radius 2 is 2.14 bits per heavy atom. The number of hydrogen-bond donors (Lipinski definition) is 0. The van der Waals surface area contributed by atoms with E-state index in [-0.39, 0.29) is 0 Å². The molecule has 0 aliphatic carbocycles. The van der Waals surface area contributed by atoms with Crippen LogP contribution in [0.25, 0.3) is 0 Å². The van der Waals surface area contributed by atoms with E-state index in [1.807, 2.05) is 11.8 Å². The summed E-state index contributed by atoms with van der Waals surface area (Å²) in [5, 5.41) is 0. The number of halogens is 1. The van der Waals surface area contributed by atoms with E-state index in [0.717, 1.165) is 11.6 Å². The van der Waals surface area contributed by atoms with Gasteiger partial charge in [0.15, 0.2) is 0 Å². The number of alkyl halides is 1. The standard InChI is InChI=1S/C5H11ClS/c1-2-4-7-5-3-6/h2-5H2,1H3. The van der Waals surface area contributed by atoms with Crippen molar-refractivity contribution in [3.8, 4) is 0 Å². The summed E-state index contributed by atoms with van der Waals surface area (Å²) in [7, 11) is 0. The summed E-state index contributed by atoms with van der Waals surface area (Å²) in [6.07, 6.45) is 1.27. The van der Waals surface area contributed by atoms with Gasteiger partial charge in [0.25, 0.3) is 0 Å². The van der Waals surface area contributed by atoms with Crippen molar-refractivity contribution in [1.29, 1.82) is 0 Å². The third-order valence-electron chi connectivity index (χ3n) is 0.570. The van der Waals surface area contributed by atoms with E-state index in [0.29, 0.717) is 0 Å². The lowest BCUT2D eigenvalue weighted by molar-refractivity contribution is 1.11. The summed E-state index contributed by atoms with van der Waals surface area (Å²) >= 11 is 7.34. The van der Waals surface area contributed by atoms with Gasteiger partial charge in [0.2, 0.25) is 0 Å². The minimum atomic E-state index is 0.796. The van der Waals surface area contributed by atoms with Crippen LogP contribution in [-0.4, -0.2) is 17.4 Å². The van der Waals surface area contributed by atoms with Gasteiger partial charge in [-0.05, 0) is 12.2 Å². The molecule has 0 aromatic rings. The Labute approximate surface area is 54.6 Å². The van der Waals surface area contributed by atoms with E-state index in [9.17, 15) is 0 Å². The minimum absolute atomic E-state index is 0.796. The third kappa shape index (κ3) is 6.64.